The normalized spacial score (nSPS) is 13.3. The Morgan fingerprint density at radius 3 is 1.46 bits per heavy atom. The van der Waals surface area contributed by atoms with E-state index in [1.54, 1.807) is 27.7 Å². The van der Waals surface area contributed by atoms with Gasteiger partial charge >= 0.3 is 7.60 Å². The van der Waals surface area contributed by atoms with Crippen molar-refractivity contribution in [2.45, 2.75) is 44.5 Å². The molecular formula is C7H15Cl2O3P. The highest BCUT2D eigenvalue weighted by Crippen LogP contribution is 2.58. The van der Waals surface area contributed by atoms with Gasteiger partial charge in [0.2, 0.25) is 4.58 Å². The van der Waals surface area contributed by atoms with Crippen LogP contribution in [0.25, 0.3) is 0 Å². The van der Waals surface area contributed by atoms with E-state index >= 15 is 0 Å². The highest BCUT2D eigenvalue weighted by molar-refractivity contribution is 7.58. The Balaban J connectivity index is 4.45. The summed E-state index contributed by atoms with van der Waals surface area (Å²) in [7, 11) is -3.37. The van der Waals surface area contributed by atoms with Crippen molar-refractivity contribution in [3.05, 3.63) is 0 Å². The lowest BCUT2D eigenvalue weighted by Crippen LogP contribution is -2.11. The second kappa shape index (κ2) is 5.57. The molecule has 0 aromatic heterocycles. The van der Waals surface area contributed by atoms with E-state index in [2.05, 4.69) is 0 Å². The van der Waals surface area contributed by atoms with Crippen molar-refractivity contribution < 1.29 is 13.6 Å². The Hall–Kier alpha value is 0.730. The van der Waals surface area contributed by atoms with Crippen molar-refractivity contribution in [1.29, 1.82) is 0 Å². The third-order valence-electron chi connectivity index (χ3n) is 0.955. The molecule has 0 aromatic rings. The average molecular weight is 249 g/mol. The van der Waals surface area contributed by atoms with E-state index in [9.17, 15) is 4.57 Å². The van der Waals surface area contributed by atoms with Crippen LogP contribution in [0.3, 0.4) is 0 Å². The zero-order chi connectivity index (χ0) is 10.6. The standard InChI is InChI=1S/C7H15Cl2O3P/c1-5(2)11-13(10,7(8)9)12-6(3)4/h5-7H,1-4H3. The van der Waals surface area contributed by atoms with Crippen LogP contribution in [0.15, 0.2) is 0 Å². The monoisotopic (exact) mass is 248 g/mol. The largest absolute Gasteiger partial charge is 0.363 e. The molecule has 0 saturated heterocycles. The second-order valence-corrected chi connectivity index (χ2v) is 6.85. The maximum Gasteiger partial charge on any atom is 0.363 e. The number of rotatable bonds is 5. The van der Waals surface area contributed by atoms with E-state index in [0.29, 0.717) is 0 Å². The zero-order valence-electron chi connectivity index (χ0n) is 8.16. The molecule has 13 heavy (non-hydrogen) atoms. The van der Waals surface area contributed by atoms with Gasteiger partial charge in [-0.3, -0.25) is 4.57 Å². The van der Waals surface area contributed by atoms with Gasteiger partial charge in [-0.15, -0.1) is 0 Å². The molecule has 0 rings (SSSR count). The van der Waals surface area contributed by atoms with Gasteiger partial charge in [-0.05, 0) is 27.7 Å². The Kier molecular flexibility index (Phi) is 5.88. The first-order chi connectivity index (χ1) is 5.78. The molecular weight excluding hydrogens is 234 g/mol. The molecule has 0 aliphatic carbocycles. The highest BCUT2D eigenvalue weighted by atomic mass is 35.5. The molecule has 6 heteroatoms. The Morgan fingerprint density at radius 1 is 1.00 bits per heavy atom. The van der Waals surface area contributed by atoms with Gasteiger partial charge < -0.3 is 9.05 Å². The first-order valence-corrected chi connectivity index (χ1v) is 6.51. The minimum atomic E-state index is -3.37. The molecule has 0 spiro atoms. The van der Waals surface area contributed by atoms with Gasteiger partial charge in [0.25, 0.3) is 0 Å². The summed E-state index contributed by atoms with van der Waals surface area (Å²) in [6.07, 6.45) is -0.464. The third kappa shape index (κ3) is 5.24. The van der Waals surface area contributed by atoms with Crippen LogP contribution in [0, 0.1) is 0 Å². The van der Waals surface area contributed by atoms with Gasteiger partial charge in [0.1, 0.15) is 0 Å². The molecule has 0 aliphatic heterocycles. The third-order valence-corrected chi connectivity index (χ3v) is 4.30. The van der Waals surface area contributed by atoms with Crippen LogP contribution >= 0.6 is 30.8 Å². The van der Waals surface area contributed by atoms with Gasteiger partial charge in [0.15, 0.2) is 0 Å². The van der Waals surface area contributed by atoms with E-state index in [4.69, 9.17) is 32.2 Å². The van der Waals surface area contributed by atoms with Crippen LogP contribution in [-0.2, 0) is 13.6 Å². The summed E-state index contributed by atoms with van der Waals surface area (Å²) in [5.74, 6) is 0. The maximum absolute atomic E-state index is 11.8. The van der Waals surface area contributed by atoms with Gasteiger partial charge in [-0.1, -0.05) is 23.2 Å². The first-order valence-electron chi connectivity index (χ1n) is 4.02. The highest BCUT2D eigenvalue weighted by Gasteiger charge is 2.35. The molecule has 0 aliphatic rings. The van der Waals surface area contributed by atoms with E-state index in [-0.39, 0.29) is 12.2 Å². The SMILES string of the molecule is CC(C)OP(=O)(OC(C)C)C(Cl)Cl. The lowest BCUT2D eigenvalue weighted by Gasteiger charge is -2.23. The van der Waals surface area contributed by atoms with Gasteiger partial charge in [0, 0.05) is 0 Å². The van der Waals surface area contributed by atoms with Crippen LogP contribution in [0.1, 0.15) is 27.7 Å². The summed E-state index contributed by atoms with van der Waals surface area (Å²) in [5.41, 5.74) is 0. The van der Waals surface area contributed by atoms with Crippen LogP contribution < -0.4 is 0 Å². The molecule has 0 aromatic carbocycles. The number of halogens is 2. The second-order valence-electron chi connectivity index (χ2n) is 3.13. The fourth-order valence-corrected chi connectivity index (χ4v) is 2.67. The van der Waals surface area contributed by atoms with Crippen molar-refractivity contribution >= 4 is 30.8 Å². The molecule has 0 atom stereocenters. The van der Waals surface area contributed by atoms with Crippen molar-refractivity contribution in [2.24, 2.45) is 0 Å². The van der Waals surface area contributed by atoms with Gasteiger partial charge in [-0.25, -0.2) is 0 Å². The molecule has 0 bridgehead atoms. The fraction of sp³-hybridized carbons (Fsp3) is 1.00. The number of hydrogen-bond donors (Lipinski definition) is 0. The number of alkyl halides is 2. The maximum atomic E-state index is 11.8. The summed E-state index contributed by atoms with van der Waals surface area (Å²) >= 11 is 11.1. The predicted molar refractivity (Wildman–Crippen MR) is 55.5 cm³/mol. The summed E-state index contributed by atoms with van der Waals surface area (Å²) in [6, 6.07) is 0. The Bertz CT molecular complexity index is 180. The lowest BCUT2D eigenvalue weighted by molar-refractivity contribution is 0.144. The smallest absolute Gasteiger partial charge is 0.304 e. The summed E-state index contributed by atoms with van der Waals surface area (Å²) < 4.78 is 20.8. The van der Waals surface area contributed by atoms with Crippen LogP contribution in [-0.4, -0.2) is 16.8 Å². The molecule has 0 amide bonds. The Morgan fingerprint density at radius 2 is 1.31 bits per heavy atom. The molecule has 3 nitrogen and oxygen atoms in total. The van der Waals surface area contributed by atoms with Gasteiger partial charge in [0.05, 0.1) is 12.2 Å². The molecule has 0 unspecified atom stereocenters. The number of hydrogen-bond acceptors (Lipinski definition) is 3. The van der Waals surface area contributed by atoms with Crippen LogP contribution in [0.4, 0.5) is 0 Å². The van der Waals surface area contributed by atoms with E-state index < -0.39 is 12.2 Å². The topological polar surface area (TPSA) is 35.5 Å². The summed E-state index contributed by atoms with van der Waals surface area (Å²) in [5, 5.41) is 0. The van der Waals surface area contributed by atoms with Crippen molar-refractivity contribution in [3.63, 3.8) is 0 Å². The zero-order valence-corrected chi connectivity index (χ0v) is 10.6. The van der Waals surface area contributed by atoms with E-state index in [0.717, 1.165) is 0 Å². The Labute approximate surface area is 89.2 Å². The molecule has 0 N–H and O–H groups in total. The molecule has 0 saturated carbocycles. The van der Waals surface area contributed by atoms with Crippen LogP contribution in [0.2, 0.25) is 0 Å². The van der Waals surface area contributed by atoms with Crippen molar-refractivity contribution in [1.82, 2.24) is 0 Å². The fourth-order valence-electron chi connectivity index (χ4n) is 0.705. The molecule has 0 fully saturated rings. The van der Waals surface area contributed by atoms with E-state index in [1.807, 2.05) is 0 Å². The quantitative estimate of drug-likeness (QED) is 0.549. The summed E-state index contributed by atoms with van der Waals surface area (Å²) in [6.45, 7) is 6.97. The molecule has 80 valence electrons. The predicted octanol–water partition coefficient (Wildman–Crippen LogP) is 3.79. The minimum absolute atomic E-state index is 0.232. The van der Waals surface area contributed by atoms with Gasteiger partial charge in [-0.2, -0.15) is 0 Å². The van der Waals surface area contributed by atoms with Crippen molar-refractivity contribution in [2.75, 3.05) is 0 Å². The lowest BCUT2D eigenvalue weighted by atomic mass is 10.5. The minimum Gasteiger partial charge on any atom is -0.304 e. The first kappa shape index (κ1) is 13.7. The van der Waals surface area contributed by atoms with E-state index in [1.165, 1.54) is 0 Å². The molecule has 0 radical (unpaired) electrons. The van der Waals surface area contributed by atoms with Crippen LogP contribution in [0.5, 0.6) is 0 Å². The summed E-state index contributed by atoms with van der Waals surface area (Å²) in [4.78, 5) is 0. The van der Waals surface area contributed by atoms with Crippen molar-refractivity contribution in [3.8, 4) is 0 Å². The molecule has 0 heterocycles. The average Bonchev–Trinajstić information content (AvgIpc) is 1.82.